The minimum Gasteiger partial charge on any atom is -0.352 e. The van der Waals surface area contributed by atoms with Crippen molar-refractivity contribution in [1.29, 1.82) is 0 Å². The zero-order valence-corrected chi connectivity index (χ0v) is 24.3. The number of aryl methyl sites for hydroxylation is 2. The molecule has 2 aromatic rings. The number of hydrogen-bond acceptors (Lipinski definition) is 4. The molecule has 2 rings (SSSR count). The number of sulfonamides is 1. The van der Waals surface area contributed by atoms with Crippen molar-refractivity contribution < 1.29 is 18.0 Å². The van der Waals surface area contributed by atoms with Gasteiger partial charge in [-0.3, -0.25) is 13.9 Å². The molecule has 0 aromatic heterocycles. The van der Waals surface area contributed by atoms with Crippen LogP contribution in [0.3, 0.4) is 0 Å². The molecule has 2 aromatic carbocycles. The second kappa shape index (κ2) is 13.8. The second-order valence-electron chi connectivity index (χ2n) is 9.62. The molecule has 7 nitrogen and oxygen atoms in total. The molecular formula is C28H40ClN3O4S. The van der Waals surface area contributed by atoms with E-state index < -0.39 is 16.1 Å². The lowest BCUT2D eigenvalue weighted by Crippen LogP contribution is -2.50. The summed E-state index contributed by atoms with van der Waals surface area (Å²) < 4.78 is 26.6. The van der Waals surface area contributed by atoms with Gasteiger partial charge in [-0.1, -0.05) is 49.7 Å². The van der Waals surface area contributed by atoms with E-state index in [1.807, 2.05) is 65.0 Å². The number of rotatable bonds is 13. The average Bonchev–Trinajstić information content (AvgIpc) is 2.83. The number of anilines is 1. The predicted octanol–water partition coefficient (Wildman–Crippen LogP) is 5.23. The largest absolute Gasteiger partial charge is 0.352 e. The van der Waals surface area contributed by atoms with Gasteiger partial charge in [-0.15, -0.1) is 0 Å². The monoisotopic (exact) mass is 549 g/mol. The molecule has 0 saturated carbocycles. The van der Waals surface area contributed by atoms with Crippen molar-refractivity contribution in [2.24, 2.45) is 0 Å². The van der Waals surface area contributed by atoms with Gasteiger partial charge in [0.15, 0.2) is 0 Å². The first-order chi connectivity index (χ1) is 17.4. The fourth-order valence-electron chi connectivity index (χ4n) is 4.12. The van der Waals surface area contributed by atoms with Crippen molar-refractivity contribution in [3.05, 3.63) is 64.2 Å². The molecule has 0 aliphatic carbocycles. The molecule has 0 bridgehead atoms. The number of nitrogens with one attached hydrogen (secondary N) is 1. The van der Waals surface area contributed by atoms with Gasteiger partial charge in [0.1, 0.15) is 6.04 Å². The Morgan fingerprint density at radius 3 is 2.24 bits per heavy atom. The van der Waals surface area contributed by atoms with Gasteiger partial charge < -0.3 is 10.2 Å². The maximum Gasteiger partial charge on any atom is 0.243 e. The van der Waals surface area contributed by atoms with Crippen molar-refractivity contribution in [1.82, 2.24) is 10.2 Å². The molecule has 1 N–H and O–H groups in total. The van der Waals surface area contributed by atoms with Crippen molar-refractivity contribution >= 4 is 39.1 Å². The SMILES string of the molecule is CC[C@@H](C)NC(=O)[C@@H](CC)N(Cc1ccc(Cl)cc1)C(=O)CCCN(c1cc(C)ccc1C)S(C)(=O)=O. The smallest absolute Gasteiger partial charge is 0.243 e. The minimum atomic E-state index is -3.55. The maximum atomic E-state index is 13.5. The lowest BCUT2D eigenvalue weighted by atomic mass is 10.1. The Labute approximate surface area is 227 Å². The molecule has 2 atom stereocenters. The van der Waals surface area contributed by atoms with Gasteiger partial charge in [0.25, 0.3) is 0 Å². The van der Waals surface area contributed by atoms with Crippen LogP contribution in [0.25, 0.3) is 0 Å². The molecule has 0 aliphatic rings. The molecule has 0 unspecified atom stereocenters. The van der Waals surface area contributed by atoms with Crippen LogP contribution in [0.5, 0.6) is 0 Å². The van der Waals surface area contributed by atoms with Crippen LogP contribution in [0.2, 0.25) is 5.02 Å². The number of carbonyl (C=O) groups is 2. The van der Waals surface area contributed by atoms with Crippen LogP contribution >= 0.6 is 11.6 Å². The van der Waals surface area contributed by atoms with Gasteiger partial charge in [0.05, 0.1) is 11.9 Å². The van der Waals surface area contributed by atoms with Crippen LogP contribution in [0, 0.1) is 13.8 Å². The normalized spacial score (nSPS) is 13.1. The molecule has 0 heterocycles. The third-order valence-corrected chi connectivity index (χ3v) is 7.87. The minimum absolute atomic E-state index is 0.00470. The van der Waals surface area contributed by atoms with E-state index in [0.717, 1.165) is 23.1 Å². The zero-order valence-electron chi connectivity index (χ0n) is 22.8. The van der Waals surface area contributed by atoms with E-state index in [-0.39, 0.29) is 37.4 Å². The summed E-state index contributed by atoms with van der Waals surface area (Å²) in [7, 11) is -3.55. The van der Waals surface area contributed by atoms with E-state index >= 15 is 0 Å². The van der Waals surface area contributed by atoms with Crippen LogP contribution in [0.4, 0.5) is 5.69 Å². The number of hydrogen-bond donors (Lipinski definition) is 1. The number of nitrogens with zero attached hydrogens (tertiary/aromatic N) is 2. The number of halogens is 1. The highest BCUT2D eigenvalue weighted by molar-refractivity contribution is 7.92. The quantitative estimate of drug-likeness (QED) is 0.371. The zero-order chi connectivity index (χ0) is 27.8. The summed E-state index contributed by atoms with van der Waals surface area (Å²) in [5.74, 6) is -0.386. The molecular weight excluding hydrogens is 510 g/mol. The first-order valence-corrected chi connectivity index (χ1v) is 15.0. The highest BCUT2D eigenvalue weighted by Gasteiger charge is 2.29. The molecule has 204 valence electrons. The summed E-state index contributed by atoms with van der Waals surface area (Å²) >= 11 is 6.03. The number of benzene rings is 2. The van der Waals surface area contributed by atoms with Crippen molar-refractivity contribution in [3.8, 4) is 0 Å². The van der Waals surface area contributed by atoms with Crippen molar-refractivity contribution in [2.45, 2.75) is 78.9 Å². The molecule has 0 radical (unpaired) electrons. The lowest BCUT2D eigenvalue weighted by Gasteiger charge is -2.32. The van der Waals surface area contributed by atoms with Crippen LogP contribution in [0.1, 0.15) is 63.1 Å². The summed E-state index contributed by atoms with van der Waals surface area (Å²) in [6.07, 6.45) is 2.85. The van der Waals surface area contributed by atoms with Crippen molar-refractivity contribution in [3.63, 3.8) is 0 Å². The summed E-state index contributed by atoms with van der Waals surface area (Å²) in [5, 5.41) is 3.59. The fraction of sp³-hybridized carbons (Fsp3) is 0.500. The molecule has 0 aliphatic heterocycles. The Kier molecular flexibility index (Phi) is 11.4. The molecule has 9 heteroatoms. The maximum absolute atomic E-state index is 13.5. The van der Waals surface area contributed by atoms with Gasteiger partial charge in [-0.25, -0.2) is 8.42 Å². The van der Waals surface area contributed by atoms with E-state index in [9.17, 15) is 18.0 Å². The Hall–Kier alpha value is -2.58. The number of amides is 2. The highest BCUT2D eigenvalue weighted by atomic mass is 35.5. The molecule has 0 fully saturated rings. The standard InChI is InChI=1S/C28H40ClN3O4S/c1-7-22(5)30-28(34)25(8-2)31(19-23-13-15-24(29)16-14-23)27(33)10-9-17-32(37(6,35)36)26-18-20(3)11-12-21(26)4/h11-16,18,22,25H,7-10,17,19H2,1-6H3,(H,30,34)/t22-,25-/m1/s1. The first-order valence-electron chi connectivity index (χ1n) is 12.8. The Bertz CT molecular complexity index is 1170. The topological polar surface area (TPSA) is 86.8 Å². The molecule has 37 heavy (non-hydrogen) atoms. The third-order valence-electron chi connectivity index (χ3n) is 6.44. The van der Waals surface area contributed by atoms with Crippen LogP contribution < -0.4 is 9.62 Å². The average molecular weight is 550 g/mol. The fourth-order valence-corrected chi connectivity index (χ4v) is 5.26. The van der Waals surface area contributed by atoms with Gasteiger partial charge in [-0.2, -0.15) is 0 Å². The van der Waals surface area contributed by atoms with E-state index in [0.29, 0.717) is 23.6 Å². The Morgan fingerprint density at radius 1 is 1.03 bits per heavy atom. The number of carbonyl (C=O) groups excluding carboxylic acids is 2. The molecule has 0 spiro atoms. The Morgan fingerprint density at radius 2 is 1.68 bits per heavy atom. The van der Waals surface area contributed by atoms with Crippen LogP contribution in [0.15, 0.2) is 42.5 Å². The van der Waals surface area contributed by atoms with Gasteiger partial charge in [0, 0.05) is 30.6 Å². The van der Waals surface area contributed by atoms with E-state index in [2.05, 4.69) is 5.32 Å². The van der Waals surface area contributed by atoms with E-state index in [1.165, 1.54) is 10.6 Å². The van der Waals surface area contributed by atoms with Gasteiger partial charge in [-0.05, 0) is 74.9 Å². The Balaban J connectivity index is 2.25. The molecule has 2 amide bonds. The van der Waals surface area contributed by atoms with Gasteiger partial charge >= 0.3 is 0 Å². The third kappa shape index (κ3) is 9.04. The van der Waals surface area contributed by atoms with E-state index in [1.54, 1.807) is 17.0 Å². The van der Waals surface area contributed by atoms with Crippen molar-refractivity contribution in [2.75, 3.05) is 17.1 Å². The summed E-state index contributed by atoms with van der Waals surface area (Å²) in [6, 6.07) is 12.2. The van der Waals surface area contributed by atoms with Gasteiger partial charge in [0.2, 0.25) is 21.8 Å². The first kappa shape index (κ1) is 30.6. The second-order valence-corrected chi connectivity index (χ2v) is 12.0. The van der Waals surface area contributed by atoms with Crippen LogP contribution in [-0.4, -0.2) is 50.0 Å². The summed E-state index contributed by atoms with van der Waals surface area (Å²) in [4.78, 5) is 28.2. The van der Waals surface area contributed by atoms with Crippen LogP contribution in [-0.2, 0) is 26.2 Å². The molecule has 0 saturated heterocycles. The highest BCUT2D eigenvalue weighted by Crippen LogP contribution is 2.25. The van der Waals surface area contributed by atoms with E-state index in [4.69, 9.17) is 11.6 Å². The summed E-state index contributed by atoms with van der Waals surface area (Å²) in [6.45, 7) is 10.0. The lowest BCUT2D eigenvalue weighted by molar-refractivity contribution is -0.141. The summed E-state index contributed by atoms with van der Waals surface area (Å²) in [5.41, 5.74) is 3.28. The predicted molar refractivity (Wildman–Crippen MR) is 151 cm³/mol.